The smallest absolute Gasteiger partial charge is 0.224 e. The average molecular weight is 302 g/mol. The van der Waals surface area contributed by atoms with Crippen molar-refractivity contribution < 1.29 is 4.74 Å². The normalized spacial score (nSPS) is 14.2. The second-order valence-electron chi connectivity index (χ2n) is 4.78. The lowest BCUT2D eigenvalue weighted by atomic mass is 10.2. The van der Waals surface area contributed by atoms with Crippen LogP contribution in [-0.2, 0) is 6.61 Å². The topological polar surface area (TPSA) is 46.5 Å². The van der Waals surface area contributed by atoms with Crippen LogP contribution in [-0.4, -0.2) is 23.9 Å². The first kappa shape index (κ1) is 13.9. The van der Waals surface area contributed by atoms with E-state index in [1.165, 1.54) is 0 Å². The van der Waals surface area contributed by atoms with Crippen molar-refractivity contribution in [3.63, 3.8) is 0 Å². The molecular weight excluding hydrogens is 286 g/mol. The van der Waals surface area contributed by atoms with Crippen LogP contribution in [0.5, 0.6) is 5.88 Å². The van der Waals surface area contributed by atoms with E-state index in [-0.39, 0.29) is 0 Å². The van der Waals surface area contributed by atoms with Gasteiger partial charge in [0.1, 0.15) is 12.4 Å². The maximum Gasteiger partial charge on any atom is 0.224 e. The van der Waals surface area contributed by atoms with Gasteiger partial charge in [-0.2, -0.15) is 0 Å². The Balaban J connectivity index is 1.76. The van der Waals surface area contributed by atoms with Gasteiger partial charge in [0.2, 0.25) is 5.88 Å². The van der Waals surface area contributed by atoms with Gasteiger partial charge >= 0.3 is 0 Å². The van der Waals surface area contributed by atoms with Crippen molar-refractivity contribution in [1.29, 1.82) is 0 Å². The Morgan fingerprint density at radius 2 is 2.05 bits per heavy atom. The molecule has 4 nitrogen and oxygen atoms in total. The van der Waals surface area contributed by atoms with Gasteiger partial charge in [-0.1, -0.05) is 23.7 Å². The fraction of sp³-hybridized carbons (Fsp3) is 0.250. The Morgan fingerprint density at radius 1 is 1.19 bits per heavy atom. The first-order valence-electron chi connectivity index (χ1n) is 6.94. The number of rotatable bonds is 4. The second-order valence-corrected chi connectivity index (χ2v) is 5.22. The second kappa shape index (κ2) is 6.59. The third kappa shape index (κ3) is 3.52. The molecule has 21 heavy (non-hydrogen) atoms. The van der Waals surface area contributed by atoms with Gasteiger partial charge in [0.05, 0.1) is 5.56 Å². The van der Waals surface area contributed by atoms with E-state index in [1.54, 1.807) is 6.20 Å². The van der Waals surface area contributed by atoms with Gasteiger partial charge in [-0.25, -0.2) is 4.98 Å². The average Bonchev–Trinajstić information content (AvgIpc) is 2.55. The van der Waals surface area contributed by atoms with Crippen LogP contribution in [0.4, 0.5) is 0 Å². The number of nitrogens with one attached hydrogen (secondary N) is 1. The van der Waals surface area contributed by atoms with Crippen LogP contribution < -0.4 is 10.1 Å². The van der Waals surface area contributed by atoms with Gasteiger partial charge in [-0.15, -0.1) is 0 Å². The summed E-state index contributed by atoms with van der Waals surface area (Å²) in [5.41, 5.74) is 1.96. The lowest BCUT2D eigenvalue weighted by Gasteiger charge is -2.17. The fourth-order valence-corrected chi connectivity index (χ4v) is 2.26. The fourth-order valence-electron chi connectivity index (χ4n) is 2.13. The van der Waals surface area contributed by atoms with E-state index in [0.717, 1.165) is 41.5 Å². The lowest BCUT2D eigenvalue weighted by molar-refractivity contribution is 0.293. The molecule has 0 amide bonds. The molecule has 0 atom stereocenters. The zero-order valence-corrected chi connectivity index (χ0v) is 12.3. The van der Waals surface area contributed by atoms with Gasteiger partial charge in [0, 0.05) is 24.3 Å². The summed E-state index contributed by atoms with van der Waals surface area (Å²) in [7, 11) is 0. The number of pyridine rings is 1. The van der Waals surface area contributed by atoms with E-state index in [0.29, 0.717) is 12.5 Å². The van der Waals surface area contributed by atoms with E-state index >= 15 is 0 Å². The maximum absolute atomic E-state index is 5.88. The molecule has 3 rings (SSSR count). The highest BCUT2D eigenvalue weighted by molar-refractivity contribution is 6.30. The van der Waals surface area contributed by atoms with E-state index < -0.39 is 0 Å². The molecule has 0 fully saturated rings. The number of amidine groups is 1. The molecule has 1 aliphatic heterocycles. The predicted octanol–water partition coefficient (Wildman–Crippen LogP) is 3.05. The SMILES string of the molecule is Clc1ccc(COc2ncccc2C2=NCCCN2)cc1. The van der Waals surface area contributed by atoms with E-state index in [2.05, 4.69) is 15.3 Å². The molecule has 2 heterocycles. The summed E-state index contributed by atoms with van der Waals surface area (Å²) in [5, 5.41) is 4.01. The summed E-state index contributed by atoms with van der Waals surface area (Å²) in [5.74, 6) is 1.46. The minimum absolute atomic E-state index is 0.453. The van der Waals surface area contributed by atoms with Crippen LogP contribution in [0, 0.1) is 0 Å². The molecule has 0 unspecified atom stereocenters. The van der Waals surface area contributed by atoms with Gasteiger partial charge in [0.25, 0.3) is 0 Å². The van der Waals surface area contributed by atoms with Crippen molar-refractivity contribution >= 4 is 17.4 Å². The van der Waals surface area contributed by atoms with Crippen LogP contribution in [0.25, 0.3) is 0 Å². The van der Waals surface area contributed by atoms with Crippen molar-refractivity contribution in [2.75, 3.05) is 13.1 Å². The highest BCUT2D eigenvalue weighted by atomic mass is 35.5. The Morgan fingerprint density at radius 3 is 2.81 bits per heavy atom. The van der Waals surface area contributed by atoms with E-state index in [1.807, 2.05) is 36.4 Å². The van der Waals surface area contributed by atoms with Gasteiger partial charge < -0.3 is 10.1 Å². The first-order chi connectivity index (χ1) is 10.3. The molecule has 1 aromatic heterocycles. The number of benzene rings is 1. The monoisotopic (exact) mass is 301 g/mol. The van der Waals surface area contributed by atoms with Crippen LogP contribution in [0.2, 0.25) is 5.02 Å². The molecular formula is C16H16ClN3O. The van der Waals surface area contributed by atoms with E-state index in [4.69, 9.17) is 16.3 Å². The zero-order chi connectivity index (χ0) is 14.5. The van der Waals surface area contributed by atoms with Crippen LogP contribution >= 0.6 is 11.6 Å². The molecule has 108 valence electrons. The van der Waals surface area contributed by atoms with Crippen molar-refractivity contribution in [2.45, 2.75) is 13.0 Å². The maximum atomic E-state index is 5.88. The number of aromatic nitrogens is 1. The third-order valence-electron chi connectivity index (χ3n) is 3.21. The number of halogens is 1. The number of ether oxygens (including phenoxy) is 1. The Bertz CT molecular complexity index is 640. The quantitative estimate of drug-likeness (QED) is 0.944. The molecule has 2 aromatic rings. The lowest BCUT2D eigenvalue weighted by Crippen LogP contribution is -2.30. The standard InChI is InChI=1S/C16H16ClN3O/c17-13-6-4-12(5-7-13)11-21-16-14(3-1-8-20-16)15-18-9-2-10-19-15/h1,3-8H,2,9-11H2,(H,18,19). The molecule has 0 radical (unpaired) electrons. The predicted molar refractivity (Wildman–Crippen MR) is 84.0 cm³/mol. The minimum Gasteiger partial charge on any atom is -0.472 e. The first-order valence-corrected chi connectivity index (χ1v) is 7.32. The number of hydrogen-bond donors (Lipinski definition) is 1. The number of nitrogens with zero attached hydrogens (tertiary/aromatic N) is 2. The van der Waals surface area contributed by atoms with Gasteiger partial charge in [-0.3, -0.25) is 4.99 Å². The van der Waals surface area contributed by atoms with Crippen LogP contribution in [0.1, 0.15) is 17.5 Å². The third-order valence-corrected chi connectivity index (χ3v) is 3.46. The molecule has 1 N–H and O–H groups in total. The Hall–Kier alpha value is -2.07. The molecule has 0 spiro atoms. The van der Waals surface area contributed by atoms with Crippen LogP contribution in [0.3, 0.4) is 0 Å². The van der Waals surface area contributed by atoms with Crippen molar-refractivity contribution in [2.24, 2.45) is 4.99 Å². The summed E-state index contributed by atoms with van der Waals surface area (Å²) >= 11 is 5.88. The molecule has 0 aliphatic carbocycles. The highest BCUT2D eigenvalue weighted by Gasteiger charge is 2.13. The molecule has 1 aliphatic rings. The molecule has 0 saturated carbocycles. The summed E-state index contributed by atoms with van der Waals surface area (Å²) in [6.45, 7) is 2.23. The molecule has 0 bridgehead atoms. The van der Waals surface area contributed by atoms with Crippen LogP contribution in [0.15, 0.2) is 47.6 Å². The Kier molecular flexibility index (Phi) is 4.36. The number of aliphatic imine (C=N–C) groups is 1. The number of hydrogen-bond acceptors (Lipinski definition) is 4. The summed E-state index contributed by atoms with van der Waals surface area (Å²) in [6.07, 6.45) is 2.79. The largest absolute Gasteiger partial charge is 0.472 e. The molecule has 1 aromatic carbocycles. The van der Waals surface area contributed by atoms with Crippen molar-refractivity contribution in [1.82, 2.24) is 10.3 Å². The van der Waals surface area contributed by atoms with Gasteiger partial charge in [-0.05, 0) is 36.2 Å². The summed E-state index contributed by atoms with van der Waals surface area (Å²) < 4.78 is 5.84. The summed E-state index contributed by atoms with van der Waals surface area (Å²) in [6, 6.07) is 11.5. The van der Waals surface area contributed by atoms with Crippen molar-refractivity contribution in [3.8, 4) is 5.88 Å². The van der Waals surface area contributed by atoms with Gasteiger partial charge in [0.15, 0.2) is 0 Å². The van der Waals surface area contributed by atoms with Crippen molar-refractivity contribution in [3.05, 3.63) is 58.7 Å². The summed E-state index contributed by atoms with van der Waals surface area (Å²) in [4.78, 5) is 8.81. The van der Waals surface area contributed by atoms with E-state index in [9.17, 15) is 0 Å². The highest BCUT2D eigenvalue weighted by Crippen LogP contribution is 2.18. The Labute approximate surface area is 128 Å². The zero-order valence-electron chi connectivity index (χ0n) is 11.6. The minimum atomic E-state index is 0.453. The molecule has 0 saturated heterocycles. The molecule has 5 heteroatoms.